The second kappa shape index (κ2) is 6.75. The number of amides is 1. The molecule has 1 aromatic carbocycles. The van der Waals surface area contributed by atoms with E-state index in [9.17, 15) is 4.79 Å². The van der Waals surface area contributed by atoms with Crippen LogP contribution in [-0.4, -0.2) is 24.7 Å². The molecule has 0 saturated carbocycles. The molecule has 0 fully saturated rings. The van der Waals surface area contributed by atoms with Gasteiger partial charge in [-0.15, -0.1) is 0 Å². The van der Waals surface area contributed by atoms with Gasteiger partial charge in [0.2, 0.25) is 5.91 Å². The topological polar surface area (TPSA) is 50.4 Å². The van der Waals surface area contributed by atoms with E-state index in [1.54, 1.807) is 7.11 Å². The average molecular weight is 278 g/mol. The highest BCUT2D eigenvalue weighted by atomic mass is 16.5. The van der Waals surface area contributed by atoms with Gasteiger partial charge in [0.1, 0.15) is 0 Å². The van der Waals surface area contributed by atoms with Crippen molar-refractivity contribution in [2.24, 2.45) is 0 Å². The molecule has 1 aromatic rings. The lowest BCUT2D eigenvalue weighted by atomic mass is 9.99. The Morgan fingerprint density at radius 3 is 2.60 bits per heavy atom. The third kappa shape index (κ3) is 5.21. The largest absolute Gasteiger partial charge is 0.382 e. The van der Waals surface area contributed by atoms with Crippen molar-refractivity contribution in [3.63, 3.8) is 0 Å². The Bertz CT molecular complexity index is 470. The number of benzene rings is 1. The summed E-state index contributed by atoms with van der Waals surface area (Å²) in [5.41, 5.74) is 2.74. The molecular weight excluding hydrogens is 252 g/mol. The van der Waals surface area contributed by atoms with Crippen LogP contribution in [0.2, 0.25) is 0 Å². The Labute approximate surface area is 121 Å². The van der Waals surface area contributed by atoms with E-state index in [1.807, 2.05) is 25.1 Å². The first-order valence-electron chi connectivity index (χ1n) is 6.93. The third-order valence-electron chi connectivity index (χ3n) is 3.31. The summed E-state index contributed by atoms with van der Waals surface area (Å²) in [5, 5.41) is 6.28. The molecule has 4 nitrogen and oxygen atoms in total. The van der Waals surface area contributed by atoms with E-state index < -0.39 is 0 Å². The molecule has 0 aromatic heterocycles. The van der Waals surface area contributed by atoms with Crippen molar-refractivity contribution in [2.75, 3.05) is 17.7 Å². The van der Waals surface area contributed by atoms with Crippen molar-refractivity contribution in [2.45, 2.75) is 52.7 Å². The molecule has 0 spiro atoms. The second-order valence-corrected chi connectivity index (χ2v) is 5.92. The summed E-state index contributed by atoms with van der Waals surface area (Å²) in [6.45, 7) is 9.76. The van der Waals surface area contributed by atoms with Crippen molar-refractivity contribution in [3.05, 3.63) is 23.8 Å². The van der Waals surface area contributed by atoms with Gasteiger partial charge >= 0.3 is 0 Å². The zero-order valence-electron chi connectivity index (χ0n) is 13.3. The van der Waals surface area contributed by atoms with E-state index >= 15 is 0 Å². The van der Waals surface area contributed by atoms with Crippen LogP contribution in [0.5, 0.6) is 0 Å². The molecule has 0 saturated heterocycles. The second-order valence-electron chi connectivity index (χ2n) is 5.92. The van der Waals surface area contributed by atoms with Crippen LogP contribution in [-0.2, 0) is 9.53 Å². The minimum atomic E-state index is -0.155. The third-order valence-corrected chi connectivity index (χ3v) is 3.31. The Kier molecular flexibility index (Phi) is 5.57. The number of ether oxygens (including phenoxy) is 1. The predicted octanol–water partition coefficient (Wildman–Crippen LogP) is 3.57. The van der Waals surface area contributed by atoms with Crippen LogP contribution in [0.15, 0.2) is 18.2 Å². The fraction of sp³-hybridized carbons (Fsp3) is 0.562. The molecule has 2 N–H and O–H groups in total. The Morgan fingerprint density at radius 2 is 2.05 bits per heavy atom. The monoisotopic (exact) mass is 278 g/mol. The van der Waals surface area contributed by atoms with Gasteiger partial charge in [-0.2, -0.15) is 0 Å². The number of hydrogen-bond acceptors (Lipinski definition) is 3. The van der Waals surface area contributed by atoms with Gasteiger partial charge in [-0.1, -0.05) is 6.07 Å². The molecule has 4 heteroatoms. The summed E-state index contributed by atoms with van der Waals surface area (Å²) in [4.78, 5) is 11.2. The number of anilines is 2. The van der Waals surface area contributed by atoms with Crippen molar-refractivity contribution in [1.29, 1.82) is 0 Å². The van der Waals surface area contributed by atoms with E-state index in [4.69, 9.17) is 4.74 Å². The first-order chi connectivity index (χ1) is 9.23. The summed E-state index contributed by atoms with van der Waals surface area (Å²) in [6.07, 6.45) is 0.896. The molecule has 0 aliphatic rings. The van der Waals surface area contributed by atoms with E-state index in [0.29, 0.717) is 0 Å². The van der Waals surface area contributed by atoms with Gasteiger partial charge in [0, 0.05) is 31.5 Å². The number of aryl methyl sites for hydroxylation is 1. The Balaban J connectivity index is 2.75. The summed E-state index contributed by atoms with van der Waals surface area (Å²) in [6, 6.07) is 6.27. The fourth-order valence-corrected chi connectivity index (χ4v) is 2.19. The van der Waals surface area contributed by atoms with Crippen LogP contribution in [0.1, 0.15) is 39.7 Å². The van der Waals surface area contributed by atoms with Gasteiger partial charge in [-0.3, -0.25) is 4.79 Å². The maximum absolute atomic E-state index is 11.2. The number of hydrogen-bond donors (Lipinski definition) is 2. The highest BCUT2D eigenvalue weighted by Gasteiger charge is 2.20. The van der Waals surface area contributed by atoms with Gasteiger partial charge in [-0.25, -0.2) is 0 Å². The number of nitrogens with one attached hydrogen (secondary N) is 2. The molecule has 1 atom stereocenters. The van der Waals surface area contributed by atoms with Crippen LogP contribution in [0.25, 0.3) is 0 Å². The minimum Gasteiger partial charge on any atom is -0.382 e. The number of methoxy groups -OCH3 is 1. The number of rotatable bonds is 6. The van der Waals surface area contributed by atoms with E-state index in [-0.39, 0.29) is 17.6 Å². The molecule has 0 radical (unpaired) electrons. The smallest absolute Gasteiger partial charge is 0.221 e. The molecule has 0 aliphatic carbocycles. The molecular formula is C16H26N2O2. The van der Waals surface area contributed by atoms with Gasteiger partial charge in [0.05, 0.1) is 5.60 Å². The summed E-state index contributed by atoms with van der Waals surface area (Å²) < 4.78 is 5.44. The molecule has 1 amide bonds. The first-order valence-corrected chi connectivity index (χ1v) is 6.93. The van der Waals surface area contributed by atoms with Crippen molar-refractivity contribution >= 4 is 17.3 Å². The molecule has 0 bridgehead atoms. The lowest BCUT2D eigenvalue weighted by Crippen LogP contribution is -2.31. The van der Waals surface area contributed by atoms with Gasteiger partial charge in [0.15, 0.2) is 0 Å². The van der Waals surface area contributed by atoms with E-state index in [0.717, 1.165) is 23.4 Å². The molecule has 112 valence electrons. The molecule has 0 aliphatic heterocycles. The van der Waals surface area contributed by atoms with Crippen molar-refractivity contribution in [3.8, 4) is 0 Å². The van der Waals surface area contributed by atoms with Crippen LogP contribution in [0.4, 0.5) is 11.4 Å². The maximum atomic E-state index is 11.2. The lowest BCUT2D eigenvalue weighted by Gasteiger charge is -2.27. The normalized spacial score (nSPS) is 12.9. The van der Waals surface area contributed by atoms with Gasteiger partial charge in [-0.05, 0) is 51.8 Å². The van der Waals surface area contributed by atoms with Gasteiger partial charge in [0.25, 0.3) is 0 Å². The van der Waals surface area contributed by atoms with Crippen LogP contribution < -0.4 is 10.6 Å². The summed E-state index contributed by atoms with van der Waals surface area (Å²) >= 11 is 0. The summed E-state index contributed by atoms with van der Waals surface area (Å²) in [5.74, 6) is -0.0567. The molecule has 0 heterocycles. The average Bonchev–Trinajstić information content (AvgIpc) is 2.32. The fourth-order valence-electron chi connectivity index (χ4n) is 2.19. The summed E-state index contributed by atoms with van der Waals surface area (Å²) in [7, 11) is 1.73. The molecule has 1 unspecified atom stereocenters. The van der Waals surface area contributed by atoms with Crippen molar-refractivity contribution < 1.29 is 9.53 Å². The Hall–Kier alpha value is -1.55. The van der Waals surface area contributed by atoms with Crippen molar-refractivity contribution in [1.82, 2.24) is 0 Å². The molecule has 20 heavy (non-hydrogen) atoms. The predicted molar refractivity (Wildman–Crippen MR) is 84.3 cm³/mol. The van der Waals surface area contributed by atoms with E-state index in [2.05, 4.69) is 31.4 Å². The SMILES string of the molecule is COC(C)(C)CC(C)Nc1ccc(C)c(NC(C)=O)c1. The van der Waals surface area contributed by atoms with Gasteiger partial charge < -0.3 is 15.4 Å². The van der Waals surface area contributed by atoms with Crippen LogP contribution in [0, 0.1) is 6.92 Å². The maximum Gasteiger partial charge on any atom is 0.221 e. The zero-order chi connectivity index (χ0) is 15.3. The van der Waals surface area contributed by atoms with Crippen LogP contribution >= 0.6 is 0 Å². The minimum absolute atomic E-state index is 0.0567. The number of carbonyl (C=O) groups excluding carboxylic acids is 1. The molecule has 1 rings (SSSR count). The highest BCUT2D eigenvalue weighted by Crippen LogP contribution is 2.23. The standard InChI is InChI=1S/C16H26N2O2/c1-11-7-8-14(9-15(11)18-13(3)19)17-12(2)10-16(4,5)20-6/h7-9,12,17H,10H2,1-6H3,(H,18,19). The first kappa shape index (κ1) is 16.5. The lowest BCUT2D eigenvalue weighted by molar-refractivity contribution is -0.114. The zero-order valence-corrected chi connectivity index (χ0v) is 13.3. The van der Waals surface area contributed by atoms with E-state index in [1.165, 1.54) is 6.92 Å². The number of carbonyl (C=O) groups is 1. The van der Waals surface area contributed by atoms with Crippen LogP contribution in [0.3, 0.4) is 0 Å². The highest BCUT2D eigenvalue weighted by molar-refractivity contribution is 5.90. The Morgan fingerprint density at radius 1 is 1.40 bits per heavy atom. The quantitative estimate of drug-likeness (QED) is 0.836.